The maximum Gasteiger partial charge on any atom is 0.446 e. The van der Waals surface area contributed by atoms with Gasteiger partial charge in [0.1, 0.15) is 5.54 Å². The van der Waals surface area contributed by atoms with E-state index in [4.69, 9.17) is 11.6 Å². The number of amides is 3. The molecule has 3 aromatic rings. The number of alkyl halides is 3. The molecule has 0 bridgehead atoms. The molecule has 4 rings (SSSR count). The highest BCUT2D eigenvalue weighted by Gasteiger charge is 2.48. The van der Waals surface area contributed by atoms with Gasteiger partial charge < -0.3 is 5.32 Å². The number of nitrogens with one attached hydrogen (secondary N) is 2. The number of hydrogen-bond donors (Lipinski definition) is 2. The monoisotopic (exact) mass is 570 g/mol. The van der Waals surface area contributed by atoms with Gasteiger partial charge >= 0.3 is 11.5 Å². The highest BCUT2D eigenvalue weighted by Crippen LogP contribution is 2.38. The molecule has 194 valence electrons. The van der Waals surface area contributed by atoms with Gasteiger partial charge in [-0.25, -0.2) is 18.1 Å². The fourth-order valence-corrected chi connectivity index (χ4v) is 5.45. The number of aromatic nitrogens is 1. The molecule has 1 aliphatic rings. The molecule has 1 unspecified atom stereocenters. The van der Waals surface area contributed by atoms with Gasteiger partial charge in [0.15, 0.2) is 0 Å². The van der Waals surface area contributed by atoms with Crippen molar-refractivity contribution in [2.45, 2.75) is 34.2 Å². The maximum atomic E-state index is 13.3. The molecular weight excluding hydrogens is 553 g/mol. The maximum absolute atomic E-state index is 13.3. The molecule has 0 radical (unpaired) electrons. The van der Waals surface area contributed by atoms with Crippen LogP contribution in [-0.4, -0.2) is 36.4 Å². The molecule has 1 fully saturated rings. The summed E-state index contributed by atoms with van der Waals surface area (Å²) in [7, 11) is -4.01. The second kappa shape index (κ2) is 9.88. The average Bonchev–Trinajstić information content (AvgIpc) is 3.02. The number of rotatable bonds is 7. The van der Waals surface area contributed by atoms with Crippen LogP contribution in [0.1, 0.15) is 12.5 Å². The fourth-order valence-electron chi connectivity index (χ4n) is 3.70. The lowest BCUT2D eigenvalue weighted by molar-refractivity contribution is -0.121. The molecule has 14 heteroatoms. The van der Waals surface area contributed by atoms with Crippen molar-refractivity contribution in [3.63, 3.8) is 0 Å². The second-order valence-electron chi connectivity index (χ2n) is 8.21. The van der Waals surface area contributed by atoms with Crippen LogP contribution in [0.15, 0.2) is 76.8 Å². The molecule has 2 aromatic carbocycles. The van der Waals surface area contributed by atoms with Crippen molar-refractivity contribution in [1.29, 1.82) is 0 Å². The van der Waals surface area contributed by atoms with Crippen LogP contribution in [-0.2, 0) is 21.2 Å². The van der Waals surface area contributed by atoms with Gasteiger partial charge in [0, 0.05) is 22.5 Å². The van der Waals surface area contributed by atoms with E-state index >= 15 is 0 Å². The van der Waals surface area contributed by atoms with Crippen LogP contribution >= 0.6 is 23.4 Å². The van der Waals surface area contributed by atoms with Crippen molar-refractivity contribution in [2.75, 3.05) is 9.62 Å². The predicted molar refractivity (Wildman–Crippen MR) is 133 cm³/mol. The minimum absolute atomic E-state index is 0.0403. The van der Waals surface area contributed by atoms with Crippen molar-refractivity contribution in [3.8, 4) is 0 Å². The van der Waals surface area contributed by atoms with Gasteiger partial charge in [-0.1, -0.05) is 11.6 Å². The number of benzene rings is 2. The Morgan fingerprint density at radius 2 is 1.73 bits per heavy atom. The molecule has 8 nitrogen and oxygen atoms in total. The van der Waals surface area contributed by atoms with Gasteiger partial charge in [-0.15, -0.1) is 0 Å². The Morgan fingerprint density at radius 3 is 2.35 bits per heavy atom. The number of sulfonamides is 1. The summed E-state index contributed by atoms with van der Waals surface area (Å²) in [4.78, 5) is 30.7. The molecule has 1 aromatic heterocycles. The molecule has 2 heterocycles. The summed E-state index contributed by atoms with van der Waals surface area (Å²) in [5.74, 6) is -0.656. The summed E-state index contributed by atoms with van der Waals surface area (Å²) >= 11 is 5.52. The van der Waals surface area contributed by atoms with Crippen LogP contribution in [0.5, 0.6) is 0 Å². The Bertz CT molecular complexity index is 1450. The Kier molecular flexibility index (Phi) is 7.14. The van der Waals surface area contributed by atoms with Crippen molar-refractivity contribution >= 4 is 56.7 Å². The third-order valence-electron chi connectivity index (χ3n) is 5.41. The summed E-state index contributed by atoms with van der Waals surface area (Å²) in [6.45, 7) is 1.47. The van der Waals surface area contributed by atoms with E-state index in [2.05, 4.69) is 15.0 Å². The molecule has 3 amide bonds. The number of carbonyl (C=O) groups excluding carboxylic acids is 2. The minimum atomic E-state index is -4.47. The van der Waals surface area contributed by atoms with E-state index in [0.29, 0.717) is 10.6 Å². The Morgan fingerprint density at radius 1 is 1.08 bits per heavy atom. The van der Waals surface area contributed by atoms with Crippen molar-refractivity contribution in [2.24, 2.45) is 0 Å². The largest absolute Gasteiger partial charge is 0.446 e. The van der Waals surface area contributed by atoms with E-state index in [1.54, 1.807) is 0 Å². The number of anilines is 2. The number of urea groups is 1. The van der Waals surface area contributed by atoms with E-state index in [0.717, 1.165) is 17.0 Å². The van der Waals surface area contributed by atoms with Gasteiger partial charge in [-0.3, -0.25) is 14.5 Å². The lowest BCUT2D eigenvalue weighted by Gasteiger charge is -2.23. The second-order valence-corrected chi connectivity index (χ2v) is 11.5. The SMILES string of the molecule is CC1(Cc2ccncc2NS(=O)(=O)c2ccc(Cl)cc2)NC(=O)N(c2ccc(SC(F)(F)F)cc2)C1=O. The highest BCUT2D eigenvalue weighted by atomic mass is 35.5. The van der Waals surface area contributed by atoms with Gasteiger partial charge in [0.05, 0.1) is 22.5 Å². The number of nitrogens with zero attached hydrogens (tertiary/aromatic N) is 2. The number of pyridine rings is 1. The fraction of sp³-hybridized carbons (Fsp3) is 0.174. The summed E-state index contributed by atoms with van der Waals surface area (Å²) in [6.07, 6.45) is 2.59. The van der Waals surface area contributed by atoms with Crippen molar-refractivity contribution in [1.82, 2.24) is 10.3 Å². The third kappa shape index (κ3) is 6.00. The zero-order chi connectivity index (χ0) is 27.0. The average molecular weight is 571 g/mol. The number of halogens is 4. The van der Waals surface area contributed by atoms with Gasteiger partial charge in [-0.05, 0) is 78.8 Å². The molecule has 1 saturated heterocycles. The zero-order valence-electron chi connectivity index (χ0n) is 18.9. The number of thioether (sulfide) groups is 1. The van der Waals surface area contributed by atoms with Crippen molar-refractivity contribution in [3.05, 3.63) is 77.6 Å². The van der Waals surface area contributed by atoms with E-state index < -0.39 is 33.0 Å². The van der Waals surface area contributed by atoms with Crippen LogP contribution in [0, 0.1) is 0 Å². The molecular formula is C23H18ClF3N4O4S2. The van der Waals surface area contributed by atoms with Gasteiger partial charge in [0.25, 0.3) is 15.9 Å². The first-order chi connectivity index (χ1) is 17.3. The van der Waals surface area contributed by atoms with E-state index in [1.807, 2.05) is 0 Å². The van der Waals surface area contributed by atoms with Crippen molar-refractivity contribution < 1.29 is 31.2 Å². The molecule has 37 heavy (non-hydrogen) atoms. The van der Waals surface area contributed by atoms with E-state index in [1.165, 1.54) is 61.8 Å². The number of hydrogen-bond acceptors (Lipinski definition) is 6. The predicted octanol–water partition coefficient (Wildman–Crippen LogP) is 5.21. The molecule has 2 N–H and O–H groups in total. The smallest absolute Gasteiger partial charge is 0.323 e. The van der Waals surface area contributed by atoms with E-state index in [9.17, 15) is 31.2 Å². The molecule has 0 aliphatic carbocycles. The van der Waals surface area contributed by atoms with Gasteiger partial charge in [-0.2, -0.15) is 13.2 Å². The first-order valence-corrected chi connectivity index (χ1v) is 13.2. The van der Waals surface area contributed by atoms with Crippen LogP contribution in [0.2, 0.25) is 5.02 Å². The van der Waals surface area contributed by atoms with Crippen LogP contribution in [0.4, 0.5) is 29.3 Å². The molecule has 0 spiro atoms. The van der Waals surface area contributed by atoms with E-state index in [-0.39, 0.29) is 39.3 Å². The molecule has 0 saturated carbocycles. The first kappa shape index (κ1) is 26.8. The molecule has 1 atom stereocenters. The normalized spacial score (nSPS) is 18.1. The summed E-state index contributed by atoms with van der Waals surface area (Å²) in [6, 6.07) is 11.1. The van der Waals surface area contributed by atoms with Gasteiger partial charge in [0.2, 0.25) is 0 Å². The van der Waals surface area contributed by atoms with Crippen LogP contribution in [0.25, 0.3) is 0 Å². The lowest BCUT2D eigenvalue weighted by Crippen LogP contribution is -2.46. The first-order valence-electron chi connectivity index (χ1n) is 10.5. The highest BCUT2D eigenvalue weighted by molar-refractivity contribution is 8.00. The summed E-state index contributed by atoms with van der Waals surface area (Å²) in [5.41, 5.74) is -5.37. The lowest BCUT2D eigenvalue weighted by atomic mass is 9.92. The summed E-state index contributed by atoms with van der Waals surface area (Å²) in [5, 5.41) is 2.96. The topological polar surface area (TPSA) is 108 Å². The molecule has 1 aliphatic heterocycles. The van der Waals surface area contributed by atoms with Crippen LogP contribution in [0.3, 0.4) is 0 Å². The Balaban J connectivity index is 1.56. The zero-order valence-corrected chi connectivity index (χ0v) is 21.3. The number of carbonyl (C=O) groups is 2. The van der Waals surface area contributed by atoms with Crippen LogP contribution < -0.4 is 14.9 Å². The quantitative estimate of drug-likeness (QED) is 0.298. The Hall–Kier alpha value is -3.29. The minimum Gasteiger partial charge on any atom is -0.323 e. The summed E-state index contributed by atoms with van der Waals surface area (Å²) < 4.78 is 66.0. The standard InChI is InChI=1S/C23H18ClF3N4O4S2/c1-22(20(32)31(21(33)29-22)16-4-6-17(7-5-16)36-23(25,26)27)12-14-10-11-28-13-19(14)30-37(34,35)18-8-2-15(24)3-9-18/h2-11,13,30H,12H2,1H3,(H,29,33). The third-order valence-corrected chi connectivity index (χ3v) is 7.79. The Labute approximate surface area is 219 Å². The number of imide groups is 1.